The Morgan fingerprint density at radius 1 is 1.24 bits per heavy atom. The van der Waals surface area contributed by atoms with Crippen LogP contribution in [0.1, 0.15) is 17.3 Å². The Balaban J connectivity index is 2.38. The molecule has 0 bridgehead atoms. The predicted octanol–water partition coefficient (Wildman–Crippen LogP) is 4.18. The van der Waals surface area contributed by atoms with Crippen molar-refractivity contribution in [2.45, 2.75) is 6.92 Å². The summed E-state index contributed by atoms with van der Waals surface area (Å²) in [6.45, 7) is 2.44. The molecule has 0 spiro atoms. The molecule has 6 heteroatoms. The molecule has 0 fully saturated rings. The Morgan fingerprint density at radius 3 is 2.67 bits per heavy atom. The van der Waals surface area contributed by atoms with Crippen LogP contribution in [0.4, 0.5) is 17.1 Å². The summed E-state index contributed by atoms with van der Waals surface area (Å²) in [6, 6.07) is 10.5. The van der Waals surface area contributed by atoms with E-state index in [2.05, 4.69) is 26.6 Å². The van der Waals surface area contributed by atoms with Gasteiger partial charge in [0.15, 0.2) is 0 Å². The average molecular weight is 369 g/mol. The number of rotatable bonds is 4. The maximum Gasteiger partial charge on any atom is 0.253 e. The largest absolute Gasteiger partial charge is 0.399 e. The van der Waals surface area contributed by atoms with Gasteiger partial charge in [0.1, 0.15) is 0 Å². The van der Waals surface area contributed by atoms with Crippen LogP contribution in [0.15, 0.2) is 40.9 Å². The quantitative estimate of drug-likeness (QED) is 0.709. The molecule has 4 N–H and O–H groups in total. The van der Waals surface area contributed by atoms with Crippen molar-refractivity contribution in [3.8, 4) is 0 Å². The number of nitrogens with one attached hydrogen (secondary N) is 2. The highest BCUT2D eigenvalue weighted by atomic mass is 79.9. The number of anilines is 3. The first kappa shape index (κ1) is 15.7. The molecule has 4 nitrogen and oxygen atoms in total. The number of hydrogen-bond acceptors (Lipinski definition) is 3. The maximum atomic E-state index is 12.1. The Bertz CT molecular complexity index is 676. The summed E-state index contributed by atoms with van der Waals surface area (Å²) >= 11 is 9.36. The minimum absolute atomic E-state index is 0.148. The summed E-state index contributed by atoms with van der Waals surface area (Å²) in [5.74, 6) is -0.148. The van der Waals surface area contributed by atoms with Crippen molar-refractivity contribution in [2.24, 2.45) is 0 Å². The first-order valence-corrected chi connectivity index (χ1v) is 7.58. The Morgan fingerprint density at radius 2 is 2.00 bits per heavy atom. The molecule has 0 radical (unpaired) electrons. The average Bonchev–Trinajstić information content (AvgIpc) is 2.42. The highest BCUT2D eigenvalue weighted by Crippen LogP contribution is 2.30. The summed E-state index contributed by atoms with van der Waals surface area (Å²) in [5, 5.41) is 6.61. The topological polar surface area (TPSA) is 67.2 Å². The minimum atomic E-state index is -0.148. The molecule has 0 saturated carbocycles. The summed E-state index contributed by atoms with van der Waals surface area (Å²) in [7, 11) is 0. The van der Waals surface area contributed by atoms with E-state index in [1.807, 2.05) is 13.0 Å². The third kappa shape index (κ3) is 3.89. The van der Waals surface area contributed by atoms with Crippen molar-refractivity contribution < 1.29 is 4.79 Å². The molecule has 2 aromatic carbocycles. The second-order valence-corrected chi connectivity index (χ2v) is 5.70. The van der Waals surface area contributed by atoms with E-state index in [0.717, 1.165) is 10.2 Å². The standard InChI is InChI=1S/C15H15BrClN3O/c1-2-19-15(21)11-5-4-10(18)8-14(11)20-13-6-3-9(17)7-12(13)16/h3-8,20H,2,18H2,1H3,(H,19,21). The van der Waals surface area contributed by atoms with Crippen LogP contribution in [0.2, 0.25) is 5.02 Å². The van der Waals surface area contributed by atoms with Gasteiger partial charge in [-0.3, -0.25) is 4.79 Å². The molecule has 1 amide bonds. The van der Waals surface area contributed by atoms with Crippen LogP contribution in [0.25, 0.3) is 0 Å². The Labute approximate surface area is 136 Å². The van der Waals surface area contributed by atoms with Gasteiger partial charge in [-0.2, -0.15) is 0 Å². The van der Waals surface area contributed by atoms with Gasteiger partial charge in [0.2, 0.25) is 0 Å². The predicted molar refractivity (Wildman–Crippen MR) is 91.3 cm³/mol. The highest BCUT2D eigenvalue weighted by Gasteiger charge is 2.12. The molecule has 0 saturated heterocycles. The monoisotopic (exact) mass is 367 g/mol. The van der Waals surface area contributed by atoms with Crippen LogP contribution in [0, 0.1) is 0 Å². The zero-order valence-electron chi connectivity index (χ0n) is 11.4. The second-order valence-electron chi connectivity index (χ2n) is 4.41. The van der Waals surface area contributed by atoms with Crippen molar-refractivity contribution in [1.29, 1.82) is 0 Å². The zero-order valence-corrected chi connectivity index (χ0v) is 13.8. The fourth-order valence-corrected chi connectivity index (χ4v) is 2.64. The lowest BCUT2D eigenvalue weighted by molar-refractivity contribution is 0.0956. The second kappa shape index (κ2) is 6.83. The van der Waals surface area contributed by atoms with E-state index in [9.17, 15) is 4.79 Å². The van der Waals surface area contributed by atoms with Crippen LogP contribution in [-0.4, -0.2) is 12.5 Å². The number of benzene rings is 2. The van der Waals surface area contributed by atoms with Crippen LogP contribution >= 0.6 is 27.5 Å². The minimum Gasteiger partial charge on any atom is -0.399 e. The van der Waals surface area contributed by atoms with Crippen molar-refractivity contribution in [3.63, 3.8) is 0 Å². The Hall–Kier alpha value is -1.72. The number of carbonyl (C=O) groups is 1. The van der Waals surface area contributed by atoms with E-state index in [0.29, 0.717) is 28.5 Å². The molecular weight excluding hydrogens is 354 g/mol. The van der Waals surface area contributed by atoms with Gasteiger partial charge < -0.3 is 16.4 Å². The van der Waals surface area contributed by atoms with Crippen LogP contribution in [0.5, 0.6) is 0 Å². The number of carbonyl (C=O) groups excluding carboxylic acids is 1. The van der Waals surface area contributed by atoms with Gasteiger partial charge in [-0.25, -0.2) is 0 Å². The zero-order chi connectivity index (χ0) is 15.4. The third-order valence-electron chi connectivity index (χ3n) is 2.83. The van der Waals surface area contributed by atoms with E-state index in [4.69, 9.17) is 17.3 Å². The molecule has 0 unspecified atom stereocenters. The molecule has 0 aliphatic carbocycles. The van der Waals surface area contributed by atoms with Gasteiger partial charge in [0, 0.05) is 21.7 Å². The van der Waals surface area contributed by atoms with Crippen LogP contribution in [0.3, 0.4) is 0 Å². The van der Waals surface area contributed by atoms with E-state index >= 15 is 0 Å². The fraction of sp³-hybridized carbons (Fsp3) is 0.133. The van der Waals surface area contributed by atoms with Gasteiger partial charge in [0.05, 0.1) is 16.9 Å². The lowest BCUT2D eigenvalue weighted by atomic mass is 10.1. The molecule has 2 aromatic rings. The molecular formula is C15H15BrClN3O. The number of nitrogen functional groups attached to an aromatic ring is 1. The SMILES string of the molecule is CCNC(=O)c1ccc(N)cc1Nc1ccc(Cl)cc1Br. The lowest BCUT2D eigenvalue weighted by Crippen LogP contribution is -2.23. The maximum absolute atomic E-state index is 12.1. The van der Waals surface area contributed by atoms with Gasteiger partial charge >= 0.3 is 0 Å². The van der Waals surface area contributed by atoms with Gasteiger partial charge in [-0.1, -0.05) is 11.6 Å². The molecule has 0 aromatic heterocycles. The summed E-state index contributed by atoms with van der Waals surface area (Å²) < 4.78 is 0.805. The lowest BCUT2D eigenvalue weighted by Gasteiger charge is -2.14. The van der Waals surface area contributed by atoms with Gasteiger partial charge in [-0.15, -0.1) is 0 Å². The van der Waals surface area contributed by atoms with Crippen molar-refractivity contribution >= 4 is 50.5 Å². The van der Waals surface area contributed by atoms with Crippen molar-refractivity contribution in [3.05, 3.63) is 51.5 Å². The molecule has 0 aliphatic rings. The van der Waals surface area contributed by atoms with Crippen LogP contribution in [-0.2, 0) is 0 Å². The summed E-state index contributed by atoms with van der Waals surface area (Å²) in [4.78, 5) is 12.1. The molecule has 110 valence electrons. The van der Waals surface area contributed by atoms with E-state index < -0.39 is 0 Å². The number of nitrogens with two attached hydrogens (primary N) is 1. The third-order valence-corrected chi connectivity index (χ3v) is 3.72. The number of halogens is 2. The van der Waals surface area contributed by atoms with E-state index in [1.165, 1.54) is 0 Å². The van der Waals surface area contributed by atoms with E-state index in [1.54, 1.807) is 30.3 Å². The smallest absolute Gasteiger partial charge is 0.253 e. The van der Waals surface area contributed by atoms with Crippen molar-refractivity contribution in [2.75, 3.05) is 17.6 Å². The van der Waals surface area contributed by atoms with Gasteiger partial charge in [0.25, 0.3) is 5.91 Å². The van der Waals surface area contributed by atoms with Gasteiger partial charge in [-0.05, 0) is 59.3 Å². The molecule has 0 heterocycles. The molecule has 21 heavy (non-hydrogen) atoms. The Kier molecular flexibility index (Phi) is 5.09. The van der Waals surface area contributed by atoms with Crippen molar-refractivity contribution in [1.82, 2.24) is 5.32 Å². The van der Waals surface area contributed by atoms with Crippen LogP contribution < -0.4 is 16.4 Å². The first-order valence-electron chi connectivity index (χ1n) is 6.41. The highest BCUT2D eigenvalue weighted by molar-refractivity contribution is 9.10. The number of hydrogen-bond donors (Lipinski definition) is 3. The summed E-state index contributed by atoms with van der Waals surface area (Å²) in [6.07, 6.45) is 0. The number of amides is 1. The summed E-state index contributed by atoms with van der Waals surface area (Å²) in [5.41, 5.74) is 8.37. The fourth-order valence-electron chi connectivity index (χ4n) is 1.86. The van der Waals surface area contributed by atoms with E-state index in [-0.39, 0.29) is 5.91 Å². The first-order chi connectivity index (χ1) is 10.0. The normalized spacial score (nSPS) is 10.2. The molecule has 0 aliphatic heterocycles. The molecule has 0 atom stereocenters. The molecule has 2 rings (SSSR count).